The van der Waals surface area contributed by atoms with Crippen LogP contribution in [0.25, 0.3) is 0 Å². The van der Waals surface area contributed by atoms with Gasteiger partial charge in [-0.05, 0) is 24.6 Å². The third-order valence-electron chi connectivity index (χ3n) is 3.57. The van der Waals surface area contributed by atoms with Crippen LogP contribution in [0.5, 0.6) is 0 Å². The van der Waals surface area contributed by atoms with Crippen LogP contribution in [0.4, 0.5) is 5.69 Å². The van der Waals surface area contributed by atoms with Gasteiger partial charge in [0.25, 0.3) is 0 Å². The van der Waals surface area contributed by atoms with Crippen molar-refractivity contribution in [3.8, 4) is 0 Å². The topological polar surface area (TPSA) is 54.5 Å². The molecule has 0 radical (unpaired) electrons. The van der Waals surface area contributed by atoms with E-state index in [9.17, 15) is 13.2 Å². The van der Waals surface area contributed by atoms with E-state index in [1.807, 2.05) is 24.3 Å². The number of carbonyl (C=O) groups excluding carboxylic acids is 1. The van der Waals surface area contributed by atoms with Gasteiger partial charge < -0.3 is 4.90 Å². The monoisotopic (exact) mass is 317 g/mol. The summed E-state index contributed by atoms with van der Waals surface area (Å²) < 4.78 is 24.9. The predicted molar refractivity (Wildman–Crippen MR) is 88.4 cm³/mol. The van der Waals surface area contributed by atoms with Crippen LogP contribution in [0.15, 0.2) is 60.7 Å². The molecule has 2 rings (SSSR count). The molecule has 0 aliphatic heterocycles. The quantitative estimate of drug-likeness (QED) is 0.852. The first-order valence-corrected chi connectivity index (χ1v) is 8.71. The molecule has 1 amide bonds. The van der Waals surface area contributed by atoms with Gasteiger partial charge in [0.05, 0.1) is 5.75 Å². The second-order valence-corrected chi connectivity index (χ2v) is 7.49. The van der Waals surface area contributed by atoms with Crippen molar-refractivity contribution in [2.45, 2.75) is 17.9 Å². The number of amides is 1. The first-order valence-electron chi connectivity index (χ1n) is 7.00. The molecule has 1 unspecified atom stereocenters. The van der Waals surface area contributed by atoms with Crippen LogP contribution in [0.3, 0.4) is 0 Å². The summed E-state index contributed by atoms with van der Waals surface area (Å²) in [5, 5.41) is -1.09. The fraction of sp³-hybridized carbons (Fsp3) is 0.235. The van der Waals surface area contributed by atoms with Gasteiger partial charge >= 0.3 is 0 Å². The van der Waals surface area contributed by atoms with E-state index in [-0.39, 0.29) is 5.75 Å². The Morgan fingerprint density at radius 2 is 1.50 bits per heavy atom. The Kier molecular flexibility index (Phi) is 4.98. The zero-order chi connectivity index (χ0) is 16.2. The third-order valence-corrected chi connectivity index (χ3v) is 5.59. The smallest absolute Gasteiger partial charge is 0.244 e. The van der Waals surface area contributed by atoms with Gasteiger partial charge in [-0.3, -0.25) is 4.79 Å². The van der Waals surface area contributed by atoms with Crippen LogP contribution < -0.4 is 4.90 Å². The molecule has 0 fully saturated rings. The maximum absolute atomic E-state index is 12.4. The third kappa shape index (κ3) is 3.74. The minimum absolute atomic E-state index is 0.136. The van der Waals surface area contributed by atoms with Crippen LogP contribution in [0.2, 0.25) is 0 Å². The summed E-state index contributed by atoms with van der Waals surface area (Å²) in [6, 6.07) is 17.9. The summed E-state index contributed by atoms with van der Waals surface area (Å²) in [4.78, 5) is 13.8. The molecule has 0 aliphatic rings. The van der Waals surface area contributed by atoms with E-state index < -0.39 is 21.0 Å². The van der Waals surface area contributed by atoms with E-state index in [4.69, 9.17) is 0 Å². The lowest BCUT2D eigenvalue weighted by Crippen LogP contribution is -2.39. The molecule has 0 heterocycles. The Hall–Kier alpha value is -2.14. The maximum atomic E-state index is 12.4. The number of nitrogens with zero attached hydrogens (tertiary/aromatic N) is 1. The number of hydrogen-bond donors (Lipinski definition) is 0. The summed E-state index contributed by atoms with van der Waals surface area (Å²) >= 11 is 0. The minimum Gasteiger partial charge on any atom is -0.314 e. The van der Waals surface area contributed by atoms with Crippen molar-refractivity contribution in [3.05, 3.63) is 66.2 Å². The van der Waals surface area contributed by atoms with Gasteiger partial charge in [-0.25, -0.2) is 8.42 Å². The van der Waals surface area contributed by atoms with Crippen molar-refractivity contribution < 1.29 is 13.2 Å². The normalized spacial score (nSPS) is 12.6. The van der Waals surface area contributed by atoms with Crippen LogP contribution in [0, 0.1) is 0 Å². The van der Waals surface area contributed by atoms with Crippen molar-refractivity contribution >= 4 is 21.4 Å². The number of hydrogen-bond acceptors (Lipinski definition) is 3. The Bertz CT molecular complexity index is 727. The van der Waals surface area contributed by atoms with E-state index in [0.717, 1.165) is 0 Å². The van der Waals surface area contributed by atoms with Crippen LogP contribution in [0.1, 0.15) is 12.5 Å². The van der Waals surface area contributed by atoms with E-state index in [2.05, 4.69) is 0 Å². The fourth-order valence-corrected chi connectivity index (χ4v) is 3.51. The van der Waals surface area contributed by atoms with Gasteiger partial charge in [-0.1, -0.05) is 48.5 Å². The molecule has 4 nitrogen and oxygen atoms in total. The highest BCUT2D eigenvalue weighted by Crippen LogP contribution is 2.17. The van der Waals surface area contributed by atoms with Crippen molar-refractivity contribution in [1.29, 1.82) is 0 Å². The molecule has 0 aliphatic carbocycles. The SMILES string of the molecule is CC(C(=O)N(C)c1ccccc1)S(=O)(=O)Cc1ccccc1. The van der Waals surface area contributed by atoms with E-state index >= 15 is 0 Å². The van der Waals surface area contributed by atoms with Gasteiger partial charge in [-0.15, -0.1) is 0 Å². The van der Waals surface area contributed by atoms with Crippen LogP contribution >= 0.6 is 0 Å². The van der Waals surface area contributed by atoms with Gasteiger partial charge in [0, 0.05) is 12.7 Å². The second-order valence-electron chi connectivity index (χ2n) is 5.17. The molecular weight excluding hydrogens is 298 g/mol. The molecule has 0 aromatic heterocycles. The molecule has 0 spiro atoms. The fourth-order valence-electron chi connectivity index (χ4n) is 2.14. The van der Waals surface area contributed by atoms with E-state index in [1.54, 1.807) is 43.4 Å². The van der Waals surface area contributed by atoms with Gasteiger partial charge in [-0.2, -0.15) is 0 Å². The summed E-state index contributed by atoms with van der Waals surface area (Å²) in [6.45, 7) is 1.44. The number of rotatable bonds is 5. The second kappa shape index (κ2) is 6.75. The van der Waals surface area contributed by atoms with Gasteiger partial charge in [0.2, 0.25) is 5.91 Å². The molecule has 2 aromatic rings. The molecular formula is C17H19NO3S. The van der Waals surface area contributed by atoms with Gasteiger partial charge in [0.1, 0.15) is 5.25 Å². The average Bonchev–Trinajstić information content (AvgIpc) is 2.54. The number of carbonyl (C=O) groups is 1. The standard InChI is InChI=1S/C17H19NO3S/c1-14(17(19)18(2)16-11-7-4-8-12-16)22(20,21)13-15-9-5-3-6-10-15/h3-12,14H,13H2,1-2H3. The number of para-hydroxylation sites is 1. The predicted octanol–water partition coefficient (Wildman–Crippen LogP) is 2.65. The molecule has 0 saturated carbocycles. The average molecular weight is 317 g/mol. The minimum atomic E-state index is -3.56. The van der Waals surface area contributed by atoms with Crippen molar-refractivity contribution in [3.63, 3.8) is 0 Å². The van der Waals surface area contributed by atoms with Crippen molar-refractivity contribution in [1.82, 2.24) is 0 Å². The molecule has 1 atom stereocenters. The highest BCUT2D eigenvalue weighted by Gasteiger charge is 2.30. The first kappa shape index (κ1) is 16.2. The Morgan fingerprint density at radius 3 is 2.05 bits per heavy atom. The van der Waals surface area contributed by atoms with Crippen molar-refractivity contribution in [2.75, 3.05) is 11.9 Å². The molecule has 2 aromatic carbocycles. The van der Waals surface area contributed by atoms with Gasteiger partial charge in [0.15, 0.2) is 9.84 Å². The first-order chi connectivity index (χ1) is 10.4. The zero-order valence-corrected chi connectivity index (χ0v) is 13.5. The molecule has 0 bridgehead atoms. The lowest BCUT2D eigenvalue weighted by molar-refractivity contribution is -0.117. The molecule has 22 heavy (non-hydrogen) atoms. The van der Waals surface area contributed by atoms with E-state index in [0.29, 0.717) is 11.3 Å². The molecule has 0 N–H and O–H groups in total. The Labute approximate surface area is 131 Å². The van der Waals surface area contributed by atoms with E-state index in [1.165, 1.54) is 11.8 Å². The largest absolute Gasteiger partial charge is 0.314 e. The van der Waals surface area contributed by atoms with Crippen LogP contribution in [-0.4, -0.2) is 26.6 Å². The Morgan fingerprint density at radius 1 is 1.00 bits per heavy atom. The maximum Gasteiger partial charge on any atom is 0.244 e. The number of benzene rings is 2. The highest BCUT2D eigenvalue weighted by molar-refractivity contribution is 7.92. The van der Waals surface area contributed by atoms with Crippen LogP contribution in [-0.2, 0) is 20.4 Å². The summed E-state index contributed by atoms with van der Waals surface area (Å²) in [5.74, 6) is -0.564. The lowest BCUT2D eigenvalue weighted by Gasteiger charge is -2.21. The molecule has 5 heteroatoms. The molecule has 116 valence electrons. The van der Waals surface area contributed by atoms with Crippen molar-refractivity contribution in [2.24, 2.45) is 0 Å². The summed E-state index contributed by atoms with van der Waals surface area (Å²) in [5.41, 5.74) is 1.36. The molecule has 0 saturated heterocycles. The summed E-state index contributed by atoms with van der Waals surface area (Å²) in [7, 11) is -1.97. The lowest BCUT2D eigenvalue weighted by atomic mass is 10.2. The number of sulfone groups is 1. The Balaban J connectivity index is 2.16. The number of anilines is 1. The highest BCUT2D eigenvalue weighted by atomic mass is 32.2. The zero-order valence-electron chi connectivity index (χ0n) is 12.6. The summed E-state index contributed by atoms with van der Waals surface area (Å²) in [6.07, 6.45) is 0.